The maximum absolute atomic E-state index is 13.3. The van der Waals surface area contributed by atoms with E-state index in [-0.39, 0.29) is 11.5 Å². The molecule has 0 fully saturated rings. The Morgan fingerprint density at radius 2 is 1.85 bits per heavy atom. The Morgan fingerprint density at radius 3 is 2.37 bits per heavy atom. The third-order valence-corrected chi connectivity index (χ3v) is 4.69. The minimum Gasteiger partial charge on any atom is -0.478 e. The molecule has 0 radical (unpaired) electrons. The number of carbonyl (C=O) groups is 1. The zero-order valence-electron chi connectivity index (χ0n) is 16.8. The fraction of sp³-hybridized carbons (Fsp3) is 0.400. The Bertz CT molecular complexity index is 951. The first kappa shape index (κ1) is 20.4. The topological polar surface area (TPSA) is 87.3 Å². The van der Waals surface area contributed by atoms with Gasteiger partial charge in [0.1, 0.15) is 5.56 Å². The molecule has 0 saturated carbocycles. The van der Waals surface area contributed by atoms with Gasteiger partial charge in [-0.1, -0.05) is 5.57 Å². The first-order chi connectivity index (χ1) is 12.6. The fourth-order valence-electron chi connectivity index (χ4n) is 3.15. The predicted molar refractivity (Wildman–Crippen MR) is 104 cm³/mol. The molecule has 1 aromatic carbocycles. The number of nitro benzene ring substituents is 1. The molecule has 2 rings (SSSR count). The molecule has 0 amide bonds. The number of carbonyl (C=O) groups excluding carboxylic acids is 1. The summed E-state index contributed by atoms with van der Waals surface area (Å²) in [4.78, 5) is 24.4. The number of aryl methyl sites for hydroxylation is 2. The lowest BCUT2D eigenvalue weighted by molar-refractivity contribution is -0.385. The van der Waals surface area contributed by atoms with Crippen LogP contribution in [0.4, 0.5) is 5.69 Å². The van der Waals surface area contributed by atoms with E-state index in [1.54, 1.807) is 20.9 Å². The molecule has 0 bridgehead atoms. The summed E-state index contributed by atoms with van der Waals surface area (Å²) in [7, 11) is 1.72. The summed E-state index contributed by atoms with van der Waals surface area (Å²) in [5.74, 6) is 0.150. The second kappa shape index (κ2) is 7.73. The lowest BCUT2D eigenvalue weighted by Crippen LogP contribution is -2.10. The van der Waals surface area contributed by atoms with Crippen LogP contribution in [0.3, 0.4) is 0 Å². The fourth-order valence-corrected chi connectivity index (χ4v) is 3.15. The average molecular weight is 371 g/mol. The van der Waals surface area contributed by atoms with Gasteiger partial charge >= 0.3 is 0 Å². The Kier molecular flexibility index (Phi) is 5.83. The van der Waals surface area contributed by atoms with Gasteiger partial charge in [-0.15, -0.1) is 0 Å². The standard InChI is InChI=1S/C20H25N3O4/c1-8-27-20-18(14(6)21-22(20)7)19(24)15-9-10-16(23(25)26)17(13(15)5)12(4)11(2)3/h9-10H,8H2,1-7H3. The number of ketones is 1. The highest BCUT2D eigenvalue weighted by molar-refractivity contribution is 6.12. The lowest BCUT2D eigenvalue weighted by Gasteiger charge is -2.14. The van der Waals surface area contributed by atoms with E-state index in [1.165, 1.54) is 16.8 Å². The van der Waals surface area contributed by atoms with Crippen LogP contribution in [0.1, 0.15) is 60.4 Å². The van der Waals surface area contributed by atoms with E-state index in [4.69, 9.17) is 4.74 Å². The van der Waals surface area contributed by atoms with Crippen molar-refractivity contribution in [2.75, 3.05) is 6.61 Å². The molecule has 0 unspecified atom stereocenters. The first-order valence-corrected chi connectivity index (χ1v) is 8.75. The maximum atomic E-state index is 13.3. The van der Waals surface area contributed by atoms with Gasteiger partial charge in [0.25, 0.3) is 5.69 Å². The summed E-state index contributed by atoms with van der Waals surface area (Å²) in [5.41, 5.74) is 4.18. The van der Waals surface area contributed by atoms with Crippen LogP contribution in [-0.2, 0) is 7.05 Å². The van der Waals surface area contributed by atoms with E-state index in [1.807, 2.05) is 27.7 Å². The van der Waals surface area contributed by atoms with Crippen molar-refractivity contribution in [1.82, 2.24) is 9.78 Å². The van der Waals surface area contributed by atoms with Gasteiger partial charge < -0.3 is 4.74 Å². The largest absolute Gasteiger partial charge is 0.478 e. The van der Waals surface area contributed by atoms with Crippen molar-refractivity contribution in [3.05, 3.63) is 55.8 Å². The van der Waals surface area contributed by atoms with Gasteiger partial charge in [-0.05, 0) is 58.7 Å². The Hall–Kier alpha value is -2.96. The van der Waals surface area contributed by atoms with Crippen molar-refractivity contribution < 1.29 is 14.5 Å². The molecule has 0 aliphatic heterocycles. The van der Waals surface area contributed by atoms with Gasteiger partial charge in [-0.2, -0.15) is 5.10 Å². The van der Waals surface area contributed by atoms with E-state index in [2.05, 4.69) is 5.10 Å². The summed E-state index contributed by atoms with van der Waals surface area (Å²) in [5, 5.41) is 15.8. The molecule has 0 aliphatic rings. The molecule has 0 aliphatic carbocycles. The molecule has 7 heteroatoms. The second-order valence-electron chi connectivity index (χ2n) is 6.67. The molecule has 0 spiro atoms. The summed E-state index contributed by atoms with van der Waals surface area (Å²) < 4.78 is 7.15. The lowest BCUT2D eigenvalue weighted by atomic mass is 9.90. The molecular formula is C20H25N3O4. The van der Waals surface area contributed by atoms with Crippen LogP contribution >= 0.6 is 0 Å². The van der Waals surface area contributed by atoms with Gasteiger partial charge in [0, 0.05) is 18.7 Å². The molecule has 0 atom stereocenters. The van der Waals surface area contributed by atoms with Gasteiger partial charge in [-0.3, -0.25) is 14.9 Å². The van der Waals surface area contributed by atoms with Crippen LogP contribution in [-0.4, -0.2) is 27.1 Å². The van der Waals surface area contributed by atoms with Gasteiger partial charge in [0.15, 0.2) is 0 Å². The minimum atomic E-state index is -0.413. The molecule has 2 aromatic rings. The smallest absolute Gasteiger partial charge is 0.277 e. The number of benzene rings is 1. The van der Waals surface area contributed by atoms with Crippen LogP contribution in [0.25, 0.3) is 5.57 Å². The highest BCUT2D eigenvalue weighted by Gasteiger charge is 2.28. The second-order valence-corrected chi connectivity index (χ2v) is 6.67. The zero-order chi connectivity index (χ0) is 20.5. The van der Waals surface area contributed by atoms with E-state index in [9.17, 15) is 14.9 Å². The number of ether oxygens (including phenoxy) is 1. The highest BCUT2D eigenvalue weighted by Crippen LogP contribution is 2.35. The monoisotopic (exact) mass is 371 g/mol. The SMILES string of the molecule is CCOc1c(C(=O)c2ccc([N+](=O)[O-])c(C(C)=C(C)C)c2C)c(C)nn1C. The number of aromatic nitrogens is 2. The molecule has 0 N–H and O–H groups in total. The molecule has 144 valence electrons. The number of hydrogen-bond donors (Lipinski definition) is 0. The van der Waals surface area contributed by atoms with Crippen molar-refractivity contribution in [2.45, 2.75) is 41.5 Å². The third kappa shape index (κ3) is 3.63. The molecule has 27 heavy (non-hydrogen) atoms. The molecule has 7 nitrogen and oxygen atoms in total. The van der Waals surface area contributed by atoms with Crippen LogP contribution in [0.5, 0.6) is 5.88 Å². The van der Waals surface area contributed by atoms with Crippen LogP contribution in [0.2, 0.25) is 0 Å². The van der Waals surface area contributed by atoms with Crippen LogP contribution in [0, 0.1) is 24.0 Å². The summed E-state index contributed by atoms with van der Waals surface area (Å²) >= 11 is 0. The Labute approximate surface area is 158 Å². The van der Waals surface area contributed by atoms with E-state index >= 15 is 0 Å². The Balaban J connectivity index is 2.75. The number of hydrogen-bond acceptors (Lipinski definition) is 5. The van der Waals surface area contributed by atoms with E-state index in [0.717, 1.165) is 11.1 Å². The Morgan fingerprint density at radius 1 is 1.22 bits per heavy atom. The summed E-state index contributed by atoms with van der Waals surface area (Å²) in [6.07, 6.45) is 0. The van der Waals surface area contributed by atoms with Crippen molar-refractivity contribution in [1.29, 1.82) is 0 Å². The summed E-state index contributed by atoms with van der Waals surface area (Å²) in [6, 6.07) is 2.91. The minimum absolute atomic E-state index is 0.00399. The van der Waals surface area contributed by atoms with Crippen molar-refractivity contribution in [2.24, 2.45) is 7.05 Å². The normalized spacial score (nSPS) is 10.6. The molecule has 0 saturated heterocycles. The van der Waals surface area contributed by atoms with Crippen LogP contribution < -0.4 is 4.74 Å². The maximum Gasteiger partial charge on any atom is 0.277 e. The first-order valence-electron chi connectivity index (χ1n) is 8.75. The van der Waals surface area contributed by atoms with Gasteiger partial charge in [0.2, 0.25) is 11.7 Å². The van der Waals surface area contributed by atoms with Crippen molar-refractivity contribution >= 4 is 17.0 Å². The zero-order valence-corrected chi connectivity index (χ0v) is 16.8. The van der Waals surface area contributed by atoms with E-state index in [0.29, 0.717) is 40.4 Å². The van der Waals surface area contributed by atoms with Crippen molar-refractivity contribution in [3.8, 4) is 5.88 Å². The molecule has 1 aromatic heterocycles. The number of nitro groups is 1. The molecule has 1 heterocycles. The third-order valence-electron chi connectivity index (χ3n) is 4.69. The van der Waals surface area contributed by atoms with Gasteiger partial charge in [-0.25, -0.2) is 4.68 Å². The number of allylic oxidation sites excluding steroid dienone is 2. The van der Waals surface area contributed by atoms with E-state index < -0.39 is 4.92 Å². The number of nitrogens with zero attached hydrogens (tertiary/aromatic N) is 3. The predicted octanol–water partition coefficient (Wildman–Crippen LogP) is 4.39. The van der Waals surface area contributed by atoms with Gasteiger partial charge in [0.05, 0.1) is 22.8 Å². The number of rotatable bonds is 6. The average Bonchev–Trinajstić information content (AvgIpc) is 2.87. The summed E-state index contributed by atoms with van der Waals surface area (Å²) in [6.45, 7) is 11.4. The van der Waals surface area contributed by atoms with Crippen LogP contribution in [0.15, 0.2) is 17.7 Å². The molecular weight excluding hydrogens is 346 g/mol. The van der Waals surface area contributed by atoms with Crippen molar-refractivity contribution in [3.63, 3.8) is 0 Å². The highest BCUT2D eigenvalue weighted by atomic mass is 16.6. The quantitative estimate of drug-likeness (QED) is 0.427.